The molecule has 3 N–H and O–H groups in total. The second-order valence-corrected chi connectivity index (χ2v) is 4.67. The van der Waals surface area contributed by atoms with Crippen molar-refractivity contribution < 1.29 is 9.90 Å². The van der Waals surface area contributed by atoms with Crippen molar-refractivity contribution in [3.8, 4) is 0 Å². The Kier molecular flexibility index (Phi) is 3.66. The van der Waals surface area contributed by atoms with Gasteiger partial charge in [-0.05, 0) is 12.0 Å². The molecule has 1 rings (SSSR count). The summed E-state index contributed by atoms with van der Waals surface area (Å²) < 4.78 is -1.05. The molecule has 0 aromatic heterocycles. The van der Waals surface area contributed by atoms with Crippen LogP contribution < -0.4 is 5.73 Å². The topological polar surface area (TPSA) is 63.3 Å². The molecule has 1 amide bonds. The van der Waals surface area contributed by atoms with E-state index in [1.807, 2.05) is 30.3 Å². The molecular formula is C10H12BrNO2. The van der Waals surface area contributed by atoms with Crippen molar-refractivity contribution in [3.63, 3.8) is 0 Å². The van der Waals surface area contributed by atoms with Crippen LogP contribution in [0.25, 0.3) is 0 Å². The molecule has 0 aliphatic heterocycles. The molecule has 1 aromatic carbocycles. The molecule has 0 heterocycles. The van der Waals surface area contributed by atoms with E-state index in [9.17, 15) is 4.79 Å². The van der Waals surface area contributed by atoms with Crippen LogP contribution in [0.15, 0.2) is 30.3 Å². The Morgan fingerprint density at radius 3 is 2.43 bits per heavy atom. The summed E-state index contributed by atoms with van der Waals surface area (Å²) in [6, 6.07) is 9.41. The lowest BCUT2D eigenvalue weighted by Crippen LogP contribution is -2.43. The van der Waals surface area contributed by atoms with Gasteiger partial charge in [-0.3, -0.25) is 4.79 Å². The first kappa shape index (κ1) is 11.2. The Bertz CT molecular complexity index is 315. The molecule has 0 radical (unpaired) electrons. The lowest BCUT2D eigenvalue weighted by molar-refractivity contribution is -0.121. The van der Waals surface area contributed by atoms with Crippen LogP contribution in [-0.2, 0) is 11.2 Å². The van der Waals surface area contributed by atoms with Crippen LogP contribution in [-0.4, -0.2) is 21.9 Å². The predicted molar refractivity (Wildman–Crippen MR) is 58.1 cm³/mol. The van der Waals surface area contributed by atoms with Crippen molar-refractivity contribution in [2.75, 3.05) is 6.61 Å². The number of amides is 1. The third kappa shape index (κ3) is 2.56. The number of benzene rings is 1. The maximum atomic E-state index is 11.1. The summed E-state index contributed by atoms with van der Waals surface area (Å²) in [4.78, 5) is 11.1. The molecule has 0 fully saturated rings. The van der Waals surface area contributed by atoms with Crippen molar-refractivity contribution >= 4 is 21.8 Å². The summed E-state index contributed by atoms with van der Waals surface area (Å²) in [6.45, 7) is -0.308. The summed E-state index contributed by atoms with van der Waals surface area (Å²) in [7, 11) is 0. The van der Waals surface area contributed by atoms with Crippen LogP contribution in [0, 0.1) is 0 Å². The summed E-state index contributed by atoms with van der Waals surface area (Å²) in [5.41, 5.74) is 6.14. The number of aliphatic hydroxyl groups is 1. The fourth-order valence-corrected chi connectivity index (χ4v) is 1.46. The third-order valence-corrected chi connectivity index (χ3v) is 2.94. The maximum absolute atomic E-state index is 11.1. The summed E-state index contributed by atoms with van der Waals surface area (Å²) in [6.07, 6.45) is 0.389. The van der Waals surface area contributed by atoms with E-state index >= 15 is 0 Å². The first-order valence-electron chi connectivity index (χ1n) is 4.22. The molecule has 0 saturated carbocycles. The normalized spacial score (nSPS) is 14.7. The van der Waals surface area contributed by atoms with Crippen molar-refractivity contribution in [1.29, 1.82) is 0 Å². The van der Waals surface area contributed by atoms with Crippen LogP contribution in [0.4, 0.5) is 0 Å². The number of halogens is 1. The maximum Gasteiger partial charge on any atom is 0.237 e. The minimum atomic E-state index is -1.05. The van der Waals surface area contributed by atoms with Crippen molar-refractivity contribution in [2.24, 2.45) is 5.73 Å². The number of aliphatic hydroxyl groups excluding tert-OH is 1. The monoisotopic (exact) mass is 257 g/mol. The lowest BCUT2D eigenvalue weighted by Gasteiger charge is -2.20. The van der Waals surface area contributed by atoms with Crippen molar-refractivity contribution in [2.45, 2.75) is 10.7 Å². The number of hydrogen-bond acceptors (Lipinski definition) is 2. The Labute approximate surface area is 91.1 Å². The number of hydrogen-bond donors (Lipinski definition) is 2. The van der Waals surface area contributed by atoms with Crippen LogP contribution in [0.2, 0.25) is 0 Å². The molecule has 0 aliphatic carbocycles. The second-order valence-electron chi connectivity index (χ2n) is 3.15. The summed E-state index contributed by atoms with van der Waals surface area (Å²) in [5, 5.41) is 9.07. The molecule has 4 heteroatoms. The smallest absolute Gasteiger partial charge is 0.237 e. The highest BCUT2D eigenvalue weighted by atomic mass is 79.9. The highest BCUT2D eigenvalue weighted by Gasteiger charge is 2.32. The van der Waals surface area contributed by atoms with Gasteiger partial charge in [0.2, 0.25) is 5.91 Å². The van der Waals surface area contributed by atoms with Crippen LogP contribution in [0.5, 0.6) is 0 Å². The minimum Gasteiger partial charge on any atom is -0.394 e. The molecular weight excluding hydrogens is 246 g/mol. The van der Waals surface area contributed by atoms with Crippen molar-refractivity contribution in [3.05, 3.63) is 35.9 Å². The van der Waals surface area contributed by atoms with Gasteiger partial charge >= 0.3 is 0 Å². The number of carbonyl (C=O) groups excluding carboxylic acids is 1. The highest BCUT2D eigenvalue weighted by molar-refractivity contribution is 9.10. The van der Waals surface area contributed by atoms with Crippen molar-refractivity contribution in [1.82, 2.24) is 0 Å². The standard InChI is InChI=1S/C10H12BrNO2/c11-10(7-13,9(12)14)6-8-4-2-1-3-5-8/h1-5,13H,6-7H2,(H2,12,14). The van der Waals surface area contributed by atoms with E-state index in [1.54, 1.807) is 0 Å². The molecule has 0 spiro atoms. The van der Waals surface area contributed by atoms with E-state index in [-0.39, 0.29) is 6.61 Å². The zero-order chi connectivity index (χ0) is 10.6. The van der Waals surface area contributed by atoms with Gasteiger partial charge in [0.15, 0.2) is 0 Å². The minimum absolute atomic E-state index is 0.308. The number of primary amides is 1. The average Bonchev–Trinajstić information content (AvgIpc) is 2.19. The zero-order valence-corrected chi connectivity index (χ0v) is 9.20. The summed E-state index contributed by atoms with van der Waals surface area (Å²) in [5.74, 6) is -0.552. The van der Waals surface area contributed by atoms with Gasteiger partial charge in [-0.2, -0.15) is 0 Å². The van der Waals surface area contributed by atoms with Crippen LogP contribution in [0.3, 0.4) is 0 Å². The molecule has 0 aliphatic rings. The molecule has 1 unspecified atom stereocenters. The van der Waals surface area contributed by atoms with Gasteiger partial charge < -0.3 is 10.8 Å². The van der Waals surface area contributed by atoms with Gasteiger partial charge in [0.25, 0.3) is 0 Å². The lowest BCUT2D eigenvalue weighted by atomic mass is 9.99. The molecule has 0 saturated heterocycles. The number of rotatable bonds is 4. The van der Waals surface area contributed by atoms with E-state index in [2.05, 4.69) is 15.9 Å². The number of carbonyl (C=O) groups is 1. The number of nitrogens with two attached hydrogens (primary N) is 1. The average molecular weight is 258 g/mol. The first-order chi connectivity index (χ1) is 6.58. The van der Waals surface area contributed by atoms with Gasteiger partial charge in [0.05, 0.1) is 6.61 Å². The Morgan fingerprint density at radius 2 is 2.00 bits per heavy atom. The van der Waals surface area contributed by atoms with E-state index < -0.39 is 10.2 Å². The number of alkyl halides is 1. The largest absolute Gasteiger partial charge is 0.394 e. The molecule has 14 heavy (non-hydrogen) atoms. The van der Waals surface area contributed by atoms with E-state index in [1.165, 1.54) is 0 Å². The predicted octanol–water partition coefficient (Wildman–Crippen LogP) is 0.840. The van der Waals surface area contributed by atoms with Gasteiger partial charge in [0.1, 0.15) is 4.32 Å². The fourth-order valence-electron chi connectivity index (χ4n) is 1.14. The first-order valence-corrected chi connectivity index (χ1v) is 5.01. The van der Waals surface area contributed by atoms with Gasteiger partial charge in [-0.1, -0.05) is 46.3 Å². The quantitative estimate of drug-likeness (QED) is 0.786. The van der Waals surface area contributed by atoms with Gasteiger partial charge in [-0.15, -0.1) is 0 Å². The van der Waals surface area contributed by atoms with E-state index in [0.717, 1.165) is 5.56 Å². The SMILES string of the molecule is NC(=O)C(Br)(CO)Cc1ccccc1. The molecule has 1 aromatic rings. The molecule has 3 nitrogen and oxygen atoms in total. The van der Waals surface area contributed by atoms with Crippen LogP contribution >= 0.6 is 15.9 Å². The molecule has 0 bridgehead atoms. The van der Waals surface area contributed by atoms with E-state index in [4.69, 9.17) is 10.8 Å². The summed E-state index contributed by atoms with van der Waals surface area (Å²) >= 11 is 3.16. The van der Waals surface area contributed by atoms with Gasteiger partial charge in [-0.25, -0.2) is 0 Å². The Balaban J connectivity index is 2.81. The van der Waals surface area contributed by atoms with Crippen LogP contribution in [0.1, 0.15) is 5.56 Å². The third-order valence-electron chi connectivity index (χ3n) is 2.02. The van der Waals surface area contributed by atoms with Gasteiger partial charge in [0, 0.05) is 0 Å². The molecule has 76 valence electrons. The molecule has 1 atom stereocenters. The fraction of sp³-hybridized carbons (Fsp3) is 0.300. The highest BCUT2D eigenvalue weighted by Crippen LogP contribution is 2.22. The second kappa shape index (κ2) is 4.57. The zero-order valence-electron chi connectivity index (χ0n) is 7.61. The Hall–Kier alpha value is -0.870. The Morgan fingerprint density at radius 1 is 1.43 bits per heavy atom. The van der Waals surface area contributed by atoms with E-state index in [0.29, 0.717) is 6.42 Å².